The van der Waals surface area contributed by atoms with Gasteiger partial charge in [-0.2, -0.15) is 0 Å². The second-order valence-corrected chi connectivity index (χ2v) is 14.3. The van der Waals surface area contributed by atoms with E-state index in [9.17, 15) is 9.36 Å². The summed E-state index contributed by atoms with van der Waals surface area (Å²) in [6, 6.07) is 8.08. The van der Waals surface area contributed by atoms with E-state index in [1.165, 1.54) is 38.5 Å². The van der Waals surface area contributed by atoms with Crippen LogP contribution in [0.2, 0.25) is 0 Å². The van der Waals surface area contributed by atoms with Crippen molar-refractivity contribution >= 4 is 19.2 Å². The number of nitrogens with one attached hydrogen (secondary N) is 2. The molecule has 2 N–H and O–H groups in total. The molecule has 0 aliphatic heterocycles. The molecule has 7 heteroatoms. The maximum atomic E-state index is 13.5. The van der Waals surface area contributed by atoms with Crippen LogP contribution in [0.3, 0.4) is 0 Å². The van der Waals surface area contributed by atoms with Crippen molar-refractivity contribution in [1.29, 1.82) is 0 Å². The van der Waals surface area contributed by atoms with E-state index in [-0.39, 0.29) is 16.9 Å². The lowest BCUT2D eigenvalue weighted by Gasteiger charge is -2.56. The summed E-state index contributed by atoms with van der Waals surface area (Å²) in [6.45, 7) is 10.4. The van der Waals surface area contributed by atoms with Gasteiger partial charge in [0.1, 0.15) is 5.78 Å². The second-order valence-electron chi connectivity index (χ2n) is 12.2. The molecule has 0 saturated heterocycles. The Kier molecular flexibility index (Phi) is 8.05. The molecule has 0 radical (unpaired) electrons. The number of hydrogen-bond acceptors (Lipinski definition) is 5. The molecule has 6 nitrogen and oxygen atoms in total. The predicted molar refractivity (Wildman–Crippen MR) is 142 cm³/mol. The molecular formula is C28H45N2O4P. The number of benzene rings is 1. The van der Waals surface area contributed by atoms with Crippen LogP contribution in [0.4, 0.5) is 5.69 Å². The normalized spacial score (nSPS) is 28.7. The summed E-state index contributed by atoms with van der Waals surface area (Å²) in [5.74, 6) is 2.21. The highest BCUT2D eigenvalue weighted by molar-refractivity contribution is 7.54. The smallest absolute Gasteiger partial charge is 0.353 e. The monoisotopic (exact) mass is 504 g/mol. The number of carbonyl (C=O) groups excluding carboxylic acids is 1. The summed E-state index contributed by atoms with van der Waals surface area (Å²) in [6.07, 6.45) is 8.96. The van der Waals surface area contributed by atoms with Gasteiger partial charge in [0, 0.05) is 17.6 Å². The van der Waals surface area contributed by atoms with Crippen LogP contribution < -0.4 is 10.6 Å². The van der Waals surface area contributed by atoms with Crippen molar-refractivity contribution in [3.8, 4) is 0 Å². The van der Waals surface area contributed by atoms with Crippen molar-refractivity contribution in [1.82, 2.24) is 5.32 Å². The molecule has 1 amide bonds. The van der Waals surface area contributed by atoms with Crippen LogP contribution in [-0.2, 0) is 24.8 Å². The zero-order valence-corrected chi connectivity index (χ0v) is 23.2. The van der Waals surface area contributed by atoms with E-state index in [1.54, 1.807) is 0 Å². The van der Waals surface area contributed by atoms with Crippen LogP contribution in [-0.4, -0.2) is 30.4 Å². The van der Waals surface area contributed by atoms with Crippen LogP contribution >= 0.6 is 7.60 Å². The zero-order valence-electron chi connectivity index (χ0n) is 22.3. The van der Waals surface area contributed by atoms with E-state index in [0.29, 0.717) is 19.6 Å². The van der Waals surface area contributed by atoms with Gasteiger partial charge in [0.05, 0.1) is 13.2 Å². The molecule has 4 saturated carbocycles. The molecule has 4 aliphatic carbocycles. The molecule has 1 unspecified atom stereocenters. The van der Waals surface area contributed by atoms with Crippen molar-refractivity contribution in [2.45, 2.75) is 97.3 Å². The molecule has 4 bridgehead atoms. The maximum Gasteiger partial charge on any atom is 0.353 e. The molecule has 0 spiro atoms. The Hall–Kier alpha value is -1.36. The molecule has 1 atom stereocenters. The number of hydrogen-bond donors (Lipinski definition) is 2. The average molecular weight is 505 g/mol. The fourth-order valence-corrected chi connectivity index (χ4v) is 9.47. The quantitative estimate of drug-likeness (QED) is 0.326. The van der Waals surface area contributed by atoms with Gasteiger partial charge in [-0.1, -0.05) is 32.9 Å². The van der Waals surface area contributed by atoms with E-state index < -0.39 is 13.4 Å². The first-order valence-electron chi connectivity index (χ1n) is 13.6. The van der Waals surface area contributed by atoms with Crippen LogP contribution in [0.25, 0.3) is 0 Å². The van der Waals surface area contributed by atoms with Gasteiger partial charge in [-0.3, -0.25) is 9.36 Å². The van der Waals surface area contributed by atoms with Gasteiger partial charge in [0.15, 0.2) is 0 Å². The van der Waals surface area contributed by atoms with Crippen molar-refractivity contribution in [2.24, 2.45) is 23.2 Å². The molecule has 0 aromatic heterocycles. The maximum absolute atomic E-state index is 13.5. The van der Waals surface area contributed by atoms with Crippen LogP contribution in [0.5, 0.6) is 0 Å². The van der Waals surface area contributed by atoms with Crippen molar-refractivity contribution < 1.29 is 18.4 Å². The predicted octanol–water partition coefficient (Wildman–Crippen LogP) is 6.75. The molecule has 4 fully saturated rings. The van der Waals surface area contributed by atoms with Gasteiger partial charge in [0.2, 0.25) is 5.91 Å². The number of carbonyl (C=O) groups is 1. The van der Waals surface area contributed by atoms with Crippen LogP contribution in [0.1, 0.15) is 85.1 Å². The molecule has 196 valence electrons. The lowest BCUT2D eigenvalue weighted by atomic mass is 9.53. The number of aryl methyl sites for hydroxylation is 1. The van der Waals surface area contributed by atoms with Gasteiger partial charge in [-0.15, -0.1) is 0 Å². The largest absolute Gasteiger partial charge is 0.371 e. The third-order valence-electron chi connectivity index (χ3n) is 8.10. The molecule has 35 heavy (non-hydrogen) atoms. The average Bonchev–Trinajstić information content (AvgIpc) is 2.75. The molecule has 5 rings (SSSR count). The number of rotatable bonds is 11. The molecular weight excluding hydrogens is 459 g/mol. The van der Waals surface area contributed by atoms with Crippen LogP contribution in [0.15, 0.2) is 24.3 Å². The summed E-state index contributed by atoms with van der Waals surface area (Å²) in [5, 5.41) is 6.89. The standard InChI is InChI=1S/C28H45N2O4P/c1-6-33-35(32,34-7-2)26(27(3,4)5)29-24-11-8-20(9-12-24)10-13-25(31)30-28-17-21-14-22(18-28)16-23(15-21)19-28/h8-9,11-12,21-23,26,29H,6-7,10,13-19H2,1-5H3,(H,30,31). The Morgan fingerprint density at radius 1 is 1.00 bits per heavy atom. The first kappa shape index (κ1) is 26.7. The molecule has 0 heterocycles. The van der Waals surface area contributed by atoms with Gasteiger partial charge < -0.3 is 19.7 Å². The highest BCUT2D eigenvalue weighted by Crippen LogP contribution is 2.58. The molecule has 1 aromatic rings. The summed E-state index contributed by atoms with van der Waals surface area (Å²) in [5.41, 5.74) is 1.73. The van der Waals surface area contributed by atoms with E-state index in [1.807, 2.05) is 58.9 Å². The zero-order chi connectivity index (χ0) is 25.3. The first-order chi connectivity index (χ1) is 16.5. The van der Waals surface area contributed by atoms with Crippen LogP contribution in [0, 0.1) is 23.2 Å². The minimum Gasteiger partial charge on any atom is -0.371 e. The van der Waals surface area contributed by atoms with Gasteiger partial charge >= 0.3 is 7.60 Å². The fraction of sp³-hybridized carbons (Fsp3) is 0.750. The Bertz CT molecular complexity index is 879. The summed E-state index contributed by atoms with van der Waals surface area (Å²) in [7, 11) is -3.35. The summed E-state index contributed by atoms with van der Waals surface area (Å²) in [4.78, 5) is 12.9. The minimum atomic E-state index is -3.35. The van der Waals surface area contributed by atoms with Crippen molar-refractivity contribution in [3.05, 3.63) is 29.8 Å². The van der Waals surface area contributed by atoms with E-state index >= 15 is 0 Å². The Morgan fingerprint density at radius 3 is 1.97 bits per heavy atom. The van der Waals surface area contributed by atoms with Gasteiger partial charge in [-0.05, 0) is 99.7 Å². The topological polar surface area (TPSA) is 76.7 Å². The van der Waals surface area contributed by atoms with Crippen molar-refractivity contribution in [2.75, 3.05) is 18.5 Å². The molecule has 4 aliphatic rings. The number of anilines is 1. The van der Waals surface area contributed by atoms with Gasteiger partial charge in [0.25, 0.3) is 0 Å². The Labute approximate surface area is 211 Å². The highest BCUT2D eigenvalue weighted by atomic mass is 31.2. The lowest BCUT2D eigenvalue weighted by Crippen LogP contribution is -2.59. The fourth-order valence-electron chi connectivity index (χ4n) is 7.12. The van der Waals surface area contributed by atoms with E-state index in [0.717, 1.165) is 35.4 Å². The third kappa shape index (κ3) is 6.32. The Morgan fingerprint density at radius 2 is 1.51 bits per heavy atom. The summed E-state index contributed by atoms with van der Waals surface area (Å²) < 4.78 is 24.8. The second kappa shape index (κ2) is 10.6. The van der Waals surface area contributed by atoms with Gasteiger partial charge in [-0.25, -0.2) is 0 Å². The SMILES string of the molecule is CCOP(=O)(OCC)C(Nc1ccc(CCC(=O)NC23CC4CC(CC(C4)C2)C3)cc1)C(C)(C)C. The molecule has 1 aromatic carbocycles. The summed E-state index contributed by atoms with van der Waals surface area (Å²) >= 11 is 0. The number of amides is 1. The van der Waals surface area contributed by atoms with E-state index in [4.69, 9.17) is 9.05 Å². The van der Waals surface area contributed by atoms with E-state index in [2.05, 4.69) is 10.6 Å². The third-order valence-corrected chi connectivity index (χ3v) is 10.9. The van der Waals surface area contributed by atoms with Crippen molar-refractivity contribution in [3.63, 3.8) is 0 Å². The first-order valence-corrected chi connectivity index (χ1v) is 15.2. The highest BCUT2D eigenvalue weighted by Gasteiger charge is 2.51. The minimum absolute atomic E-state index is 0.0800. The lowest BCUT2D eigenvalue weighted by molar-refractivity contribution is -0.126. The Balaban J connectivity index is 1.33.